The molecule has 146 valence electrons. The maximum atomic E-state index is 11.5. The number of rotatable bonds is 6. The van der Waals surface area contributed by atoms with Crippen molar-refractivity contribution in [3.63, 3.8) is 0 Å². The van der Waals surface area contributed by atoms with Gasteiger partial charge in [0.05, 0.1) is 28.3 Å². The minimum atomic E-state index is -0.943. The van der Waals surface area contributed by atoms with Gasteiger partial charge < -0.3 is 9.84 Å². The number of pyridine rings is 1. The Morgan fingerprint density at radius 1 is 1.00 bits per heavy atom. The zero-order valence-electron chi connectivity index (χ0n) is 15.8. The predicted octanol–water partition coefficient (Wildman–Crippen LogP) is 5.89. The fourth-order valence-electron chi connectivity index (χ4n) is 3.15. The minimum absolute atomic E-state index is 0.291. The molecular weight excluding hydrogens is 396 g/mol. The fourth-order valence-corrected chi connectivity index (χ4v) is 4.11. The number of hydrogen-bond acceptors (Lipinski definition) is 5. The van der Waals surface area contributed by atoms with Crippen LogP contribution in [0.15, 0.2) is 84.0 Å². The lowest BCUT2D eigenvalue weighted by atomic mass is 10.0. The van der Waals surface area contributed by atoms with Gasteiger partial charge in [-0.25, -0.2) is 4.79 Å². The monoisotopic (exact) mass is 412 g/mol. The van der Waals surface area contributed by atoms with Crippen LogP contribution in [0.3, 0.4) is 0 Å². The van der Waals surface area contributed by atoms with E-state index in [1.807, 2.05) is 42.5 Å². The highest BCUT2D eigenvalue weighted by Gasteiger charge is 2.13. The van der Waals surface area contributed by atoms with E-state index >= 15 is 0 Å². The van der Waals surface area contributed by atoms with Crippen molar-refractivity contribution < 1.29 is 14.6 Å². The Balaban J connectivity index is 1.64. The van der Waals surface area contributed by atoms with E-state index in [2.05, 4.69) is 11.1 Å². The van der Waals surface area contributed by atoms with Crippen LogP contribution < -0.4 is 4.74 Å². The average Bonchev–Trinajstić information content (AvgIpc) is 2.79. The van der Waals surface area contributed by atoms with Crippen LogP contribution in [-0.4, -0.2) is 16.1 Å². The highest BCUT2D eigenvalue weighted by Crippen LogP contribution is 2.37. The normalized spacial score (nSPS) is 10.5. The molecule has 0 unspecified atom stereocenters. The van der Waals surface area contributed by atoms with Gasteiger partial charge in [-0.3, -0.25) is 4.98 Å². The molecule has 1 N–H and O–H groups in total. The van der Waals surface area contributed by atoms with Crippen LogP contribution in [0, 0.1) is 11.3 Å². The largest absolute Gasteiger partial charge is 0.478 e. The molecule has 4 rings (SSSR count). The number of carboxylic acids is 1. The Morgan fingerprint density at radius 3 is 2.57 bits per heavy atom. The molecule has 1 aromatic heterocycles. The molecular formula is C24H16N2O3S. The molecule has 0 aliphatic rings. The average molecular weight is 412 g/mol. The lowest BCUT2D eigenvalue weighted by Gasteiger charge is -2.13. The number of thioether (sulfide) groups is 1. The Morgan fingerprint density at radius 2 is 1.77 bits per heavy atom. The van der Waals surface area contributed by atoms with Crippen molar-refractivity contribution in [1.82, 2.24) is 4.98 Å². The summed E-state index contributed by atoms with van der Waals surface area (Å²) in [5, 5.41) is 20.4. The first-order valence-electron chi connectivity index (χ1n) is 9.15. The minimum Gasteiger partial charge on any atom is -0.478 e. The van der Waals surface area contributed by atoms with E-state index in [-0.39, 0.29) is 0 Å². The van der Waals surface area contributed by atoms with E-state index < -0.39 is 5.97 Å². The van der Waals surface area contributed by atoms with Crippen molar-refractivity contribution in [3.8, 4) is 17.6 Å². The number of nitrogens with zero attached hydrogens (tertiary/aromatic N) is 2. The maximum Gasteiger partial charge on any atom is 0.335 e. The molecule has 0 bridgehead atoms. The molecule has 6 heteroatoms. The van der Waals surface area contributed by atoms with Gasteiger partial charge in [0.1, 0.15) is 5.75 Å². The highest BCUT2D eigenvalue weighted by atomic mass is 32.2. The summed E-state index contributed by atoms with van der Waals surface area (Å²) >= 11 is 1.48. The summed E-state index contributed by atoms with van der Waals surface area (Å²) in [7, 11) is 0. The smallest absolute Gasteiger partial charge is 0.335 e. The van der Waals surface area contributed by atoms with Crippen LogP contribution >= 0.6 is 11.8 Å². The third kappa shape index (κ3) is 3.97. The lowest BCUT2D eigenvalue weighted by Crippen LogP contribution is -2.01. The first kappa shape index (κ1) is 19.5. The van der Waals surface area contributed by atoms with Gasteiger partial charge >= 0.3 is 5.97 Å². The molecule has 0 radical (unpaired) electrons. The van der Waals surface area contributed by atoms with Gasteiger partial charge in [0.25, 0.3) is 0 Å². The number of aromatic nitrogens is 1. The number of carbonyl (C=O) groups is 1. The van der Waals surface area contributed by atoms with Crippen molar-refractivity contribution >= 4 is 28.5 Å². The zero-order valence-corrected chi connectivity index (χ0v) is 16.6. The van der Waals surface area contributed by atoms with Gasteiger partial charge in [-0.2, -0.15) is 5.26 Å². The molecule has 30 heavy (non-hydrogen) atoms. The Bertz CT molecular complexity index is 1280. The second-order valence-corrected chi connectivity index (χ2v) is 7.46. The number of fused-ring (bicyclic) bond motifs is 1. The third-order valence-corrected chi connectivity index (χ3v) is 5.71. The van der Waals surface area contributed by atoms with Crippen LogP contribution in [0.25, 0.3) is 10.8 Å². The van der Waals surface area contributed by atoms with Gasteiger partial charge in [0.2, 0.25) is 0 Å². The fraction of sp³-hybridized carbons (Fsp3) is 0.0417. The van der Waals surface area contributed by atoms with E-state index in [4.69, 9.17) is 4.74 Å². The molecule has 1 heterocycles. The molecule has 0 atom stereocenters. The maximum absolute atomic E-state index is 11.5. The Kier molecular flexibility index (Phi) is 5.64. The number of hydrogen-bond donors (Lipinski definition) is 1. The number of ether oxygens (including phenoxy) is 1. The second kappa shape index (κ2) is 8.68. The summed E-state index contributed by atoms with van der Waals surface area (Å²) in [6, 6.07) is 22.1. The van der Waals surface area contributed by atoms with Crippen molar-refractivity contribution in [2.45, 2.75) is 10.6 Å². The topological polar surface area (TPSA) is 83.2 Å². The number of carboxylic acid groups (broad SMARTS) is 1. The Hall–Kier alpha value is -3.82. The summed E-state index contributed by atoms with van der Waals surface area (Å²) in [6.45, 7) is 0. The molecule has 0 amide bonds. The van der Waals surface area contributed by atoms with E-state index in [1.54, 1.807) is 36.7 Å². The SMILES string of the molecule is N#Cc1ccc(Oc2cnccc2SCc2ccccc2C(=O)O)c2ccccc12. The van der Waals surface area contributed by atoms with Crippen LogP contribution in [0.1, 0.15) is 21.5 Å². The molecule has 4 aromatic rings. The molecule has 5 nitrogen and oxygen atoms in total. The zero-order chi connectivity index (χ0) is 20.9. The van der Waals surface area contributed by atoms with Gasteiger partial charge in [-0.15, -0.1) is 11.8 Å². The molecule has 0 saturated carbocycles. The summed E-state index contributed by atoms with van der Waals surface area (Å²) in [4.78, 5) is 16.5. The molecule has 0 fully saturated rings. The molecule has 0 aliphatic heterocycles. The third-order valence-electron chi connectivity index (χ3n) is 4.60. The van der Waals surface area contributed by atoms with Crippen LogP contribution in [-0.2, 0) is 5.75 Å². The van der Waals surface area contributed by atoms with E-state index in [0.29, 0.717) is 28.4 Å². The lowest BCUT2D eigenvalue weighted by molar-refractivity contribution is 0.0696. The van der Waals surface area contributed by atoms with Gasteiger partial charge in [0.15, 0.2) is 5.75 Å². The van der Waals surface area contributed by atoms with Crippen molar-refractivity contribution in [2.24, 2.45) is 0 Å². The summed E-state index contributed by atoms with van der Waals surface area (Å²) < 4.78 is 6.18. The summed E-state index contributed by atoms with van der Waals surface area (Å²) in [6.07, 6.45) is 3.31. The predicted molar refractivity (Wildman–Crippen MR) is 116 cm³/mol. The summed E-state index contributed by atoms with van der Waals surface area (Å²) in [5.74, 6) is 0.744. The number of aromatic carboxylic acids is 1. The van der Waals surface area contributed by atoms with Crippen LogP contribution in [0.4, 0.5) is 0 Å². The molecule has 0 spiro atoms. The van der Waals surface area contributed by atoms with Crippen molar-refractivity contribution in [2.75, 3.05) is 0 Å². The van der Waals surface area contributed by atoms with Crippen molar-refractivity contribution in [3.05, 3.63) is 95.8 Å². The van der Waals surface area contributed by atoms with Gasteiger partial charge in [-0.1, -0.05) is 42.5 Å². The van der Waals surface area contributed by atoms with Crippen LogP contribution in [0.5, 0.6) is 11.5 Å². The second-order valence-electron chi connectivity index (χ2n) is 6.44. The quantitative estimate of drug-likeness (QED) is 0.398. The molecule has 3 aromatic carbocycles. The first-order chi connectivity index (χ1) is 14.7. The Labute approximate surface area is 177 Å². The van der Waals surface area contributed by atoms with Gasteiger partial charge in [-0.05, 0) is 29.8 Å². The van der Waals surface area contributed by atoms with Gasteiger partial charge in [0, 0.05) is 22.7 Å². The van der Waals surface area contributed by atoms with Crippen LogP contribution in [0.2, 0.25) is 0 Å². The number of nitriles is 1. The van der Waals surface area contributed by atoms with E-state index in [0.717, 1.165) is 21.2 Å². The highest BCUT2D eigenvalue weighted by molar-refractivity contribution is 7.98. The van der Waals surface area contributed by atoms with E-state index in [9.17, 15) is 15.2 Å². The first-order valence-corrected chi connectivity index (χ1v) is 10.1. The van der Waals surface area contributed by atoms with E-state index in [1.165, 1.54) is 11.8 Å². The molecule has 0 saturated heterocycles. The summed E-state index contributed by atoms with van der Waals surface area (Å²) in [5.41, 5.74) is 1.62. The standard InChI is InChI=1S/C24H16N2O3S/c25-13-16-9-10-21(20-8-4-3-6-18(16)20)29-22-14-26-12-11-23(22)30-15-17-5-1-2-7-19(17)24(27)28/h1-12,14H,15H2,(H,27,28). The van der Waals surface area contributed by atoms with Crippen molar-refractivity contribution in [1.29, 1.82) is 5.26 Å². The number of benzene rings is 3. The molecule has 0 aliphatic carbocycles.